The van der Waals surface area contributed by atoms with Crippen molar-refractivity contribution in [1.29, 1.82) is 0 Å². The fraction of sp³-hybridized carbons (Fsp3) is 0.878. The van der Waals surface area contributed by atoms with Crippen LogP contribution in [0.5, 0.6) is 0 Å². The van der Waals surface area contributed by atoms with Crippen molar-refractivity contribution in [1.82, 2.24) is 0 Å². The minimum atomic E-state index is -1.39. The molecule has 6 rings (SSSR count). The molecule has 0 spiro atoms. The molecule has 2 aliphatic heterocycles. The number of esters is 5. The van der Waals surface area contributed by atoms with Crippen molar-refractivity contribution in [3.63, 3.8) is 0 Å². The smallest absolute Gasteiger partial charge is 0.347 e. The minimum absolute atomic E-state index is 0.0104. The molecule has 53 heavy (non-hydrogen) atoms. The monoisotopic (exact) mass is 748 g/mol. The van der Waals surface area contributed by atoms with Gasteiger partial charge in [0.2, 0.25) is 6.10 Å². The maximum Gasteiger partial charge on any atom is 0.347 e. The number of carbonyl (C=O) groups is 5. The van der Waals surface area contributed by atoms with Gasteiger partial charge in [-0.2, -0.15) is 0 Å². The number of carbonyl (C=O) groups excluding carboxylic acids is 5. The van der Waals surface area contributed by atoms with Gasteiger partial charge in [-0.05, 0) is 130 Å². The van der Waals surface area contributed by atoms with Gasteiger partial charge in [-0.15, -0.1) is 0 Å². The van der Waals surface area contributed by atoms with Crippen LogP contribution in [-0.2, 0) is 57.1 Å². The zero-order valence-electron chi connectivity index (χ0n) is 33.3. The standard InChI is InChI=1S/C41H64O12/c1-9-27(34(43)50-30(22-32(42)52-38(2,3)4)12-15-48-33-11-10-14-47-33)23-40(7,37(46)51-31-13-16-49-35(31)44)24-39(5,6)36(45)53-41(8)28-18-25-17-26(20-28)21-29(41)19-25/h25-31,33H,9-24H2,1-8H3. The van der Waals surface area contributed by atoms with Gasteiger partial charge >= 0.3 is 29.8 Å². The minimum Gasteiger partial charge on any atom is -0.463 e. The summed E-state index contributed by atoms with van der Waals surface area (Å²) >= 11 is 0. The third kappa shape index (κ3) is 10.3. The molecule has 5 atom stereocenters. The van der Waals surface area contributed by atoms with E-state index in [1.165, 1.54) is 6.42 Å². The van der Waals surface area contributed by atoms with E-state index in [9.17, 15) is 24.0 Å². The summed E-state index contributed by atoms with van der Waals surface area (Å²) in [5.74, 6) is -1.51. The highest BCUT2D eigenvalue weighted by atomic mass is 16.7. The first-order valence-electron chi connectivity index (χ1n) is 20.1. The van der Waals surface area contributed by atoms with Crippen LogP contribution in [0.3, 0.4) is 0 Å². The van der Waals surface area contributed by atoms with Crippen LogP contribution in [-0.4, -0.2) is 79.4 Å². The van der Waals surface area contributed by atoms with Crippen LogP contribution >= 0.6 is 0 Å². The molecule has 5 unspecified atom stereocenters. The predicted octanol–water partition coefficient (Wildman–Crippen LogP) is 6.63. The van der Waals surface area contributed by atoms with E-state index in [4.69, 9.17) is 33.2 Å². The van der Waals surface area contributed by atoms with Crippen LogP contribution in [0, 0.1) is 40.4 Å². The van der Waals surface area contributed by atoms with E-state index in [0.29, 0.717) is 36.7 Å². The first-order valence-corrected chi connectivity index (χ1v) is 20.1. The van der Waals surface area contributed by atoms with Gasteiger partial charge in [0.1, 0.15) is 17.3 Å². The number of hydrogen-bond donors (Lipinski definition) is 0. The van der Waals surface area contributed by atoms with E-state index in [1.807, 2.05) is 6.92 Å². The van der Waals surface area contributed by atoms with Crippen LogP contribution in [0.15, 0.2) is 0 Å². The van der Waals surface area contributed by atoms with Crippen molar-refractivity contribution in [3.8, 4) is 0 Å². The van der Waals surface area contributed by atoms with Crippen LogP contribution in [0.2, 0.25) is 0 Å². The number of ether oxygens (including phenoxy) is 7. The van der Waals surface area contributed by atoms with Crippen molar-refractivity contribution in [2.24, 2.45) is 40.4 Å². The second-order valence-electron chi connectivity index (χ2n) is 18.6. The average Bonchev–Trinajstić information content (AvgIpc) is 3.72. The Labute approximate surface area is 315 Å². The molecule has 2 saturated heterocycles. The molecule has 300 valence electrons. The normalized spacial score (nSPS) is 31.7. The Kier molecular flexibility index (Phi) is 12.9. The van der Waals surface area contributed by atoms with Crippen molar-refractivity contribution >= 4 is 29.8 Å². The average molecular weight is 749 g/mol. The van der Waals surface area contributed by atoms with Gasteiger partial charge in [0.15, 0.2) is 6.29 Å². The van der Waals surface area contributed by atoms with E-state index < -0.39 is 64.0 Å². The fourth-order valence-electron chi connectivity index (χ4n) is 9.74. The summed E-state index contributed by atoms with van der Waals surface area (Å²) in [4.78, 5) is 67.5. The molecule has 0 N–H and O–H groups in total. The third-order valence-electron chi connectivity index (χ3n) is 12.3. The molecule has 6 fully saturated rings. The van der Waals surface area contributed by atoms with Gasteiger partial charge in [0, 0.05) is 25.9 Å². The Balaban J connectivity index is 1.31. The molecule has 2 heterocycles. The lowest BCUT2D eigenvalue weighted by Gasteiger charge is -2.59. The van der Waals surface area contributed by atoms with E-state index in [1.54, 1.807) is 41.5 Å². The quantitative estimate of drug-likeness (QED) is 0.116. The van der Waals surface area contributed by atoms with Crippen molar-refractivity contribution in [2.75, 3.05) is 19.8 Å². The van der Waals surface area contributed by atoms with Crippen LogP contribution < -0.4 is 0 Å². The lowest BCUT2D eigenvalue weighted by Crippen LogP contribution is -2.59. The summed E-state index contributed by atoms with van der Waals surface area (Å²) in [5, 5.41) is 0. The molecule has 4 saturated carbocycles. The zero-order valence-corrected chi connectivity index (χ0v) is 33.3. The van der Waals surface area contributed by atoms with Gasteiger partial charge in [-0.25, -0.2) is 4.79 Å². The molecule has 6 aliphatic rings. The Bertz CT molecular complexity index is 1310. The van der Waals surface area contributed by atoms with Gasteiger partial charge in [-0.3, -0.25) is 19.2 Å². The molecule has 0 aromatic carbocycles. The predicted molar refractivity (Wildman–Crippen MR) is 192 cm³/mol. The lowest BCUT2D eigenvalue weighted by atomic mass is 9.50. The summed E-state index contributed by atoms with van der Waals surface area (Å²) in [6, 6.07) is 0. The molecule has 4 aliphatic carbocycles. The zero-order chi connectivity index (χ0) is 38.8. The maximum atomic E-state index is 14.2. The molecule has 12 nitrogen and oxygen atoms in total. The Morgan fingerprint density at radius 2 is 1.57 bits per heavy atom. The van der Waals surface area contributed by atoms with Crippen molar-refractivity contribution in [2.45, 2.75) is 169 Å². The molecule has 4 bridgehead atoms. The van der Waals surface area contributed by atoms with Gasteiger partial charge in [0.05, 0.1) is 36.4 Å². The summed E-state index contributed by atoms with van der Waals surface area (Å²) in [6.45, 7) is 15.4. The highest BCUT2D eigenvalue weighted by Crippen LogP contribution is 2.60. The van der Waals surface area contributed by atoms with Crippen LogP contribution in [0.4, 0.5) is 0 Å². The topological polar surface area (TPSA) is 150 Å². The Morgan fingerprint density at radius 3 is 2.11 bits per heavy atom. The first kappa shape index (κ1) is 41.4. The maximum absolute atomic E-state index is 14.2. The lowest BCUT2D eigenvalue weighted by molar-refractivity contribution is -0.213. The number of hydrogen-bond acceptors (Lipinski definition) is 12. The van der Waals surface area contributed by atoms with Gasteiger partial charge < -0.3 is 33.2 Å². The van der Waals surface area contributed by atoms with Crippen LogP contribution in [0.25, 0.3) is 0 Å². The van der Waals surface area contributed by atoms with E-state index in [0.717, 1.165) is 38.5 Å². The SMILES string of the molecule is CCC(CC(C)(CC(C)(C)C(=O)OC1(C)C2CC3CC(C2)CC1C3)C(=O)OC1CCOC1=O)C(=O)OC(CCOC1CCCO1)CC(=O)OC(C)(C)C. The highest BCUT2D eigenvalue weighted by molar-refractivity contribution is 5.85. The third-order valence-corrected chi connectivity index (χ3v) is 12.3. The van der Waals surface area contributed by atoms with E-state index in [-0.39, 0.29) is 57.6 Å². The first-order chi connectivity index (χ1) is 24.8. The summed E-state index contributed by atoms with van der Waals surface area (Å²) in [5.41, 5.74) is -3.80. The summed E-state index contributed by atoms with van der Waals surface area (Å²) in [7, 11) is 0. The molecule has 12 heteroatoms. The Hall–Kier alpha value is -2.73. The molecular formula is C41H64O12. The highest BCUT2D eigenvalue weighted by Gasteiger charge is 2.58. The van der Waals surface area contributed by atoms with E-state index >= 15 is 0 Å². The van der Waals surface area contributed by atoms with Gasteiger partial charge in [-0.1, -0.05) is 6.92 Å². The van der Waals surface area contributed by atoms with Crippen LogP contribution in [0.1, 0.15) is 139 Å². The van der Waals surface area contributed by atoms with Crippen molar-refractivity contribution < 1.29 is 57.1 Å². The molecule has 0 aromatic rings. The number of rotatable bonds is 17. The van der Waals surface area contributed by atoms with E-state index in [2.05, 4.69) is 6.92 Å². The largest absolute Gasteiger partial charge is 0.463 e. The summed E-state index contributed by atoms with van der Waals surface area (Å²) in [6.07, 6.45) is 5.64. The fourth-order valence-corrected chi connectivity index (χ4v) is 9.74. The molecule has 0 amide bonds. The summed E-state index contributed by atoms with van der Waals surface area (Å²) < 4.78 is 40.2. The van der Waals surface area contributed by atoms with Crippen molar-refractivity contribution in [3.05, 3.63) is 0 Å². The Morgan fingerprint density at radius 1 is 0.906 bits per heavy atom. The molecule has 0 aromatic heterocycles. The number of cyclic esters (lactones) is 1. The molecular weight excluding hydrogens is 684 g/mol. The van der Waals surface area contributed by atoms with Gasteiger partial charge in [0.25, 0.3) is 0 Å². The second kappa shape index (κ2) is 16.6. The molecule has 0 radical (unpaired) electrons. The second-order valence-corrected chi connectivity index (χ2v) is 18.6.